The van der Waals surface area contributed by atoms with Crippen LogP contribution in [0.3, 0.4) is 0 Å². The van der Waals surface area contributed by atoms with E-state index in [0.717, 1.165) is 17.4 Å². The molecule has 4 rings (SSSR count). The Morgan fingerprint density at radius 1 is 0.889 bits per heavy atom. The molecule has 1 aliphatic rings. The first kappa shape index (κ1) is 25.1. The zero-order valence-electron chi connectivity index (χ0n) is 20.5. The number of carbonyl (C=O) groups excluding carboxylic acids is 3. The number of fused-ring (bicyclic) bond motifs is 1. The lowest BCUT2D eigenvalue weighted by molar-refractivity contribution is -0.117. The molecule has 0 fully saturated rings. The first-order valence-electron chi connectivity index (χ1n) is 11.4. The number of hydrogen-bond donors (Lipinski definition) is 1. The fourth-order valence-electron chi connectivity index (χ4n) is 4.46. The monoisotopic (exact) mass is 505 g/mol. The highest BCUT2D eigenvalue weighted by Crippen LogP contribution is 2.39. The number of anilines is 3. The summed E-state index contributed by atoms with van der Waals surface area (Å²) in [5, 5.41) is 2.69. The minimum absolute atomic E-state index is 0.131. The fourth-order valence-corrected chi connectivity index (χ4v) is 5.09. The summed E-state index contributed by atoms with van der Waals surface area (Å²) in [6, 6.07) is 18.5. The van der Waals surface area contributed by atoms with Gasteiger partial charge in [-0.05, 0) is 60.5 Å². The van der Waals surface area contributed by atoms with Crippen molar-refractivity contribution in [1.82, 2.24) is 0 Å². The molecular weight excluding hydrogens is 478 g/mol. The third-order valence-corrected chi connectivity index (χ3v) is 7.17. The van der Waals surface area contributed by atoms with Crippen molar-refractivity contribution in [2.45, 2.75) is 31.7 Å². The lowest BCUT2D eigenvalue weighted by Crippen LogP contribution is -2.51. The van der Waals surface area contributed by atoms with Gasteiger partial charge in [0.05, 0.1) is 22.3 Å². The molecule has 0 radical (unpaired) electrons. The summed E-state index contributed by atoms with van der Waals surface area (Å²) in [5.74, 6) is -0.628. The zero-order chi connectivity index (χ0) is 26.2. The third kappa shape index (κ3) is 5.01. The Kier molecular flexibility index (Phi) is 6.69. The number of carbonyl (C=O) groups is 3. The van der Waals surface area contributed by atoms with Gasteiger partial charge in [-0.2, -0.15) is 0 Å². The van der Waals surface area contributed by atoms with Gasteiger partial charge in [0, 0.05) is 37.9 Å². The summed E-state index contributed by atoms with van der Waals surface area (Å²) in [6.45, 7) is 5.06. The summed E-state index contributed by atoms with van der Waals surface area (Å²) >= 11 is 0. The van der Waals surface area contributed by atoms with E-state index in [4.69, 9.17) is 0 Å². The molecule has 1 aliphatic heterocycles. The van der Waals surface area contributed by atoms with Gasteiger partial charge in [-0.25, -0.2) is 8.42 Å². The average Bonchev–Trinajstić information content (AvgIpc) is 2.82. The van der Waals surface area contributed by atoms with Crippen LogP contribution in [0.1, 0.15) is 31.1 Å². The number of amides is 3. The van der Waals surface area contributed by atoms with Crippen LogP contribution in [0.25, 0.3) is 11.1 Å². The molecule has 0 aromatic heterocycles. The van der Waals surface area contributed by atoms with Gasteiger partial charge < -0.3 is 15.1 Å². The first-order valence-corrected chi connectivity index (χ1v) is 13.3. The standard InChI is InChI=1S/C27H27N3O5S/c1-17-16-29(27(33)22-6-5-7-23(14-22)28-18(2)31)26-15-21(10-13-25(26)30(17)19(3)32)20-8-11-24(12-9-20)36(4,34)35/h5-15,17H,16H2,1-4H3,(H,28,31). The second-order valence-electron chi connectivity index (χ2n) is 8.92. The van der Waals surface area contributed by atoms with Gasteiger partial charge >= 0.3 is 0 Å². The molecule has 0 spiro atoms. The lowest BCUT2D eigenvalue weighted by atomic mass is 10.00. The zero-order valence-corrected chi connectivity index (χ0v) is 21.3. The van der Waals surface area contributed by atoms with Crippen molar-refractivity contribution in [2.75, 3.05) is 27.9 Å². The van der Waals surface area contributed by atoms with E-state index in [1.54, 1.807) is 64.4 Å². The Hall–Kier alpha value is -3.98. The van der Waals surface area contributed by atoms with E-state index in [0.29, 0.717) is 22.6 Å². The lowest BCUT2D eigenvalue weighted by Gasteiger charge is -2.41. The van der Waals surface area contributed by atoms with Crippen LogP contribution in [0, 0.1) is 0 Å². The number of nitrogens with one attached hydrogen (secondary N) is 1. The van der Waals surface area contributed by atoms with Crippen LogP contribution in [-0.2, 0) is 19.4 Å². The number of hydrogen-bond acceptors (Lipinski definition) is 5. The molecule has 9 heteroatoms. The number of benzene rings is 3. The van der Waals surface area contributed by atoms with E-state index in [1.165, 1.54) is 13.8 Å². The Labute approximate surface area is 210 Å². The molecular formula is C27H27N3O5S. The van der Waals surface area contributed by atoms with Crippen LogP contribution in [0.4, 0.5) is 17.1 Å². The predicted octanol–water partition coefficient (Wildman–Crippen LogP) is 4.12. The van der Waals surface area contributed by atoms with E-state index < -0.39 is 9.84 Å². The molecule has 1 unspecified atom stereocenters. The van der Waals surface area contributed by atoms with Crippen LogP contribution in [0.5, 0.6) is 0 Å². The highest BCUT2D eigenvalue weighted by molar-refractivity contribution is 7.90. The van der Waals surface area contributed by atoms with Crippen LogP contribution in [-0.4, -0.2) is 45.0 Å². The van der Waals surface area contributed by atoms with Gasteiger partial charge in [0.1, 0.15) is 0 Å². The quantitative estimate of drug-likeness (QED) is 0.575. The SMILES string of the molecule is CC(=O)Nc1cccc(C(=O)N2CC(C)N(C(C)=O)c3ccc(-c4ccc(S(C)(=O)=O)cc4)cc32)c1. The average molecular weight is 506 g/mol. The summed E-state index contributed by atoms with van der Waals surface area (Å²) in [6.07, 6.45) is 1.16. The Bertz CT molecular complexity index is 1460. The van der Waals surface area contributed by atoms with Gasteiger partial charge in [-0.15, -0.1) is 0 Å². The Morgan fingerprint density at radius 2 is 1.56 bits per heavy atom. The van der Waals surface area contributed by atoms with Gasteiger partial charge in [0.25, 0.3) is 5.91 Å². The Balaban J connectivity index is 1.79. The maximum Gasteiger partial charge on any atom is 0.258 e. The highest BCUT2D eigenvalue weighted by Gasteiger charge is 2.34. The minimum Gasteiger partial charge on any atom is -0.326 e. The van der Waals surface area contributed by atoms with Crippen molar-refractivity contribution >= 4 is 44.6 Å². The molecule has 186 valence electrons. The molecule has 8 nitrogen and oxygen atoms in total. The van der Waals surface area contributed by atoms with Crippen molar-refractivity contribution in [2.24, 2.45) is 0 Å². The molecule has 0 aliphatic carbocycles. The maximum absolute atomic E-state index is 13.7. The molecule has 0 saturated carbocycles. The van der Waals surface area contributed by atoms with E-state index in [2.05, 4.69) is 5.32 Å². The van der Waals surface area contributed by atoms with Crippen molar-refractivity contribution in [3.05, 3.63) is 72.3 Å². The molecule has 1 atom stereocenters. The first-order chi connectivity index (χ1) is 17.0. The second-order valence-corrected chi connectivity index (χ2v) is 10.9. The summed E-state index contributed by atoms with van der Waals surface area (Å²) in [7, 11) is -3.32. The van der Waals surface area contributed by atoms with Crippen molar-refractivity contribution in [3.63, 3.8) is 0 Å². The van der Waals surface area contributed by atoms with E-state index in [1.807, 2.05) is 19.1 Å². The third-order valence-electron chi connectivity index (χ3n) is 6.04. The van der Waals surface area contributed by atoms with Gasteiger partial charge in [0.2, 0.25) is 11.8 Å². The molecule has 1 heterocycles. The molecule has 3 aromatic carbocycles. The summed E-state index contributed by atoms with van der Waals surface area (Å²) in [4.78, 5) is 41.1. The number of sulfone groups is 1. The van der Waals surface area contributed by atoms with E-state index in [9.17, 15) is 22.8 Å². The van der Waals surface area contributed by atoms with Crippen molar-refractivity contribution in [3.8, 4) is 11.1 Å². The minimum atomic E-state index is -3.32. The second kappa shape index (κ2) is 9.58. The summed E-state index contributed by atoms with van der Waals surface area (Å²) < 4.78 is 23.7. The molecule has 0 bridgehead atoms. The largest absolute Gasteiger partial charge is 0.326 e. The van der Waals surface area contributed by atoms with Gasteiger partial charge in [-0.1, -0.05) is 24.3 Å². The van der Waals surface area contributed by atoms with Crippen LogP contribution in [0.2, 0.25) is 0 Å². The molecule has 3 amide bonds. The summed E-state index contributed by atoms with van der Waals surface area (Å²) in [5.41, 5.74) is 3.66. The molecule has 3 aromatic rings. The molecule has 0 saturated heterocycles. The maximum atomic E-state index is 13.7. The highest BCUT2D eigenvalue weighted by atomic mass is 32.2. The van der Waals surface area contributed by atoms with E-state index in [-0.39, 0.29) is 35.2 Å². The predicted molar refractivity (Wildman–Crippen MR) is 140 cm³/mol. The number of nitrogens with zero attached hydrogens (tertiary/aromatic N) is 2. The fraction of sp³-hybridized carbons (Fsp3) is 0.222. The van der Waals surface area contributed by atoms with Crippen LogP contribution >= 0.6 is 0 Å². The van der Waals surface area contributed by atoms with Crippen LogP contribution in [0.15, 0.2) is 71.6 Å². The van der Waals surface area contributed by atoms with Gasteiger partial charge in [0.15, 0.2) is 9.84 Å². The molecule has 1 N–H and O–H groups in total. The smallest absolute Gasteiger partial charge is 0.258 e. The van der Waals surface area contributed by atoms with Crippen molar-refractivity contribution < 1.29 is 22.8 Å². The van der Waals surface area contributed by atoms with Crippen LogP contribution < -0.4 is 15.1 Å². The normalized spacial score (nSPS) is 15.3. The Morgan fingerprint density at radius 3 is 2.17 bits per heavy atom. The topological polar surface area (TPSA) is 104 Å². The van der Waals surface area contributed by atoms with E-state index >= 15 is 0 Å². The van der Waals surface area contributed by atoms with Gasteiger partial charge in [-0.3, -0.25) is 14.4 Å². The van der Waals surface area contributed by atoms with Crippen molar-refractivity contribution in [1.29, 1.82) is 0 Å². The number of rotatable bonds is 4. The molecule has 36 heavy (non-hydrogen) atoms.